The number of hydrogen-bond acceptors (Lipinski definition) is 3. The first-order valence-corrected chi connectivity index (χ1v) is 5.11. The van der Waals surface area contributed by atoms with E-state index in [1.165, 1.54) is 0 Å². The van der Waals surface area contributed by atoms with Crippen molar-refractivity contribution in [1.82, 2.24) is 0 Å². The van der Waals surface area contributed by atoms with E-state index in [2.05, 4.69) is 0 Å². The number of hydrogen-bond donors (Lipinski definition) is 0. The van der Waals surface area contributed by atoms with Gasteiger partial charge in [-0.2, -0.15) is 0 Å². The fourth-order valence-electron chi connectivity index (χ4n) is 1.49. The summed E-state index contributed by atoms with van der Waals surface area (Å²) in [5.41, 5.74) is 0.597. The van der Waals surface area contributed by atoms with E-state index in [9.17, 15) is 9.59 Å². The molecule has 0 unspecified atom stereocenters. The molecule has 0 spiro atoms. The Bertz CT molecular complexity index is 532. The summed E-state index contributed by atoms with van der Waals surface area (Å²) in [5.74, 6) is 1.01. The van der Waals surface area contributed by atoms with Gasteiger partial charge >= 0.3 is 0 Å². The minimum absolute atomic E-state index is 0.270. The average Bonchev–Trinajstić information content (AvgIpc) is 2.39. The molecule has 84 valence electrons. The minimum Gasteiger partial charge on any atom is -0.457 e. The summed E-state index contributed by atoms with van der Waals surface area (Å²) in [6, 6.07) is 14.0. The lowest BCUT2D eigenvalue weighted by atomic mass is 10.1. The number of rotatable bonds is 4. The molecule has 0 aliphatic rings. The topological polar surface area (TPSA) is 43.4 Å². The summed E-state index contributed by atoms with van der Waals surface area (Å²) in [7, 11) is 0. The van der Waals surface area contributed by atoms with Gasteiger partial charge in [0.1, 0.15) is 11.5 Å². The fourth-order valence-corrected chi connectivity index (χ4v) is 1.49. The Morgan fingerprint density at radius 1 is 0.824 bits per heavy atom. The van der Waals surface area contributed by atoms with Gasteiger partial charge in [0.25, 0.3) is 0 Å². The number of aldehydes is 2. The van der Waals surface area contributed by atoms with Gasteiger partial charge in [0.15, 0.2) is 12.6 Å². The van der Waals surface area contributed by atoms with Crippen molar-refractivity contribution < 1.29 is 14.3 Å². The Labute approximate surface area is 98.7 Å². The second-order valence-electron chi connectivity index (χ2n) is 3.41. The quantitative estimate of drug-likeness (QED) is 0.752. The predicted molar refractivity (Wildman–Crippen MR) is 63.7 cm³/mol. The van der Waals surface area contributed by atoms with E-state index in [1.807, 2.05) is 18.2 Å². The van der Waals surface area contributed by atoms with Crippen LogP contribution in [0, 0.1) is 0 Å². The third-order valence-electron chi connectivity index (χ3n) is 2.32. The Morgan fingerprint density at radius 2 is 1.59 bits per heavy atom. The molecule has 2 aromatic rings. The Balaban J connectivity index is 2.39. The van der Waals surface area contributed by atoms with E-state index in [1.54, 1.807) is 30.3 Å². The molecule has 0 aliphatic carbocycles. The summed E-state index contributed by atoms with van der Waals surface area (Å²) in [4.78, 5) is 21.7. The lowest BCUT2D eigenvalue weighted by Gasteiger charge is -2.08. The van der Waals surface area contributed by atoms with Gasteiger partial charge in [-0.15, -0.1) is 0 Å². The monoisotopic (exact) mass is 226 g/mol. The lowest BCUT2D eigenvalue weighted by Crippen LogP contribution is -1.95. The average molecular weight is 226 g/mol. The SMILES string of the molecule is O=Cc1cccc(Oc2ccccc2)c1C=O. The second-order valence-corrected chi connectivity index (χ2v) is 3.41. The van der Waals surface area contributed by atoms with Gasteiger partial charge in [-0.1, -0.05) is 30.3 Å². The highest BCUT2D eigenvalue weighted by atomic mass is 16.5. The molecular formula is C14H10O3. The van der Waals surface area contributed by atoms with E-state index in [0.29, 0.717) is 29.6 Å². The van der Waals surface area contributed by atoms with E-state index in [0.717, 1.165) is 0 Å². The van der Waals surface area contributed by atoms with Crippen molar-refractivity contribution >= 4 is 12.6 Å². The molecule has 17 heavy (non-hydrogen) atoms. The van der Waals surface area contributed by atoms with Crippen molar-refractivity contribution in [1.29, 1.82) is 0 Å². The molecule has 3 heteroatoms. The van der Waals surface area contributed by atoms with Gasteiger partial charge in [0.05, 0.1) is 5.56 Å². The second kappa shape index (κ2) is 5.07. The van der Waals surface area contributed by atoms with Crippen LogP contribution in [0.25, 0.3) is 0 Å². The molecule has 2 aromatic carbocycles. The molecule has 0 atom stereocenters. The van der Waals surface area contributed by atoms with E-state index < -0.39 is 0 Å². The van der Waals surface area contributed by atoms with Crippen LogP contribution in [-0.2, 0) is 0 Å². The van der Waals surface area contributed by atoms with Gasteiger partial charge in [0.2, 0.25) is 0 Å². The summed E-state index contributed by atoms with van der Waals surface area (Å²) < 4.78 is 5.55. The molecule has 0 aliphatic heterocycles. The number of carbonyl (C=O) groups excluding carboxylic acids is 2. The molecule has 0 heterocycles. The van der Waals surface area contributed by atoms with Crippen LogP contribution in [-0.4, -0.2) is 12.6 Å². The van der Waals surface area contributed by atoms with Crippen LogP contribution in [0.5, 0.6) is 11.5 Å². The van der Waals surface area contributed by atoms with Crippen molar-refractivity contribution in [2.24, 2.45) is 0 Å². The van der Waals surface area contributed by atoms with Crippen molar-refractivity contribution in [2.75, 3.05) is 0 Å². The molecule has 0 amide bonds. The summed E-state index contributed by atoms with van der Waals surface area (Å²) in [5, 5.41) is 0. The van der Waals surface area contributed by atoms with Crippen LogP contribution in [0.1, 0.15) is 20.7 Å². The Kier molecular flexibility index (Phi) is 3.31. The Morgan fingerprint density at radius 3 is 2.24 bits per heavy atom. The van der Waals surface area contributed by atoms with E-state index >= 15 is 0 Å². The van der Waals surface area contributed by atoms with E-state index in [4.69, 9.17) is 4.74 Å². The highest BCUT2D eigenvalue weighted by Gasteiger charge is 2.08. The molecular weight excluding hydrogens is 216 g/mol. The molecule has 3 nitrogen and oxygen atoms in total. The highest BCUT2D eigenvalue weighted by molar-refractivity contribution is 5.93. The molecule has 0 aromatic heterocycles. The standard InChI is InChI=1S/C14H10O3/c15-9-11-5-4-8-14(13(11)10-16)17-12-6-2-1-3-7-12/h1-10H. The smallest absolute Gasteiger partial charge is 0.154 e. The highest BCUT2D eigenvalue weighted by Crippen LogP contribution is 2.25. The van der Waals surface area contributed by atoms with Gasteiger partial charge in [0, 0.05) is 5.56 Å². The van der Waals surface area contributed by atoms with E-state index in [-0.39, 0.29) is 5.56 Å². The third-order valence-corrected chi connectivity index (χ3v) is 2.32. The lowest BCUT2D eigenvalue weighted by molar-refractivity contribution is 0.109. The predicted octanol–water partition coefficient (Wildman–Crippen LogP) is 3.10. The van der Waals surface area contributed by atoms with Crippen LogP contribution in [0.2, 0.25) is 0 Å². The molecule has 0 saturated carbocycles. The number of benzene rings is 2. The number of para-hydroxylation sites is 1. The largest absolute Gasteiger partial charge is 0.457 e. The van der Waals surface area contributed by atoms with Gasteiger partial charge in [-0.25, -0.2) is 0 Å². The maximum absolute atomic E-state index is 11.0. The van der Waals surface area contributed by atoms with Crippen LogP contribution in [0.3, 0.4) is 0 Å². The van der Waals surface area contributed by atoms with Crippen LogP contribution in [0.4, 0.5) is 0 Å². The van der Waals surface area contributed by atoms with Crippen molar-refractivity contribution in [2.45, 2.75) is 0 Å². The first-order valence-electron chi connectivity index (χ1n) is 5.11. The van der Waals surface area contributed by atoms with Crippen LogP contribution >= 0.6 is 0 Å². The zero-order valence-electron chi connectivity index (χ0n) is 9.00. The number of ether oxygens (including phenoxy) is 1. The van der Waals surface area contributed by atoms with Gasteiger partial charge in [-0.3, -0.25) is 9.59 Å². The molecule has 0 radical (unpaired) electrons. The van der Waals surface area contributed by atoms with Crippen molar-refractivity contribution in [3.8, 4) is 11.5 Å². The fraction of sp³-hybridized carbons (Fsp3) is 0. The molecule has 0 saturated heterocycles. The third kappa shape index (κ3) is 2.39. The molecule has 0 N–H and O–H groups in total. The van der Waals surface area contributed by atoms with Gasteiger partial charge < -0.3 is 4.74 Å². The zero-order valence-corrected chi connectivity index (χ0v) is 9.00. The molecule has 2 rings (SSSR count). The maximum Gasteiger partial charge on any atom is 0.154 e. The summed E-state index contributed by atoms with van der Waals surface area (Å²) in [6.45, 7) is 0. The maximum atomic E-state index is 11.0. The summed E-state index contributed by atoms with van der Waals surface area (Å²) >= 11 is 0. The first-order chi connectivity index (χ1) is 8.35. The van der Waals surface area contributed by atoms with Crippen molar-refractivity contribution in [3.63, 3.8) is 0 Å². The first kappa shape index (κ1) is 11.1. The normalized spacial score (nSPS) is 9.65. The molecule has 0 fully saturated rings. The minimum atomic E-state index is 0.270. The van der Waals surface area contributed by atoms with Crippen LogP contribution < -0.4 is 4.74 Å². The Hall–Kier alpha value is -2.42. The van der Waals surface area contributed by atoms with Gasteiger partial charge in [-0.05, 0) is 18.2 Å². The van der Waals surface area contributed by atoms with Crippen molar-refractivity contribution in [3.05, 3.63) is 59.7 Å². The zero-order chi connectivity index (χ0) is 12.1. The number of carbonyl (C=O) groups is 2. The summed E-state index contributed by atoms with van der Waals surface area (Å²) in [6.07, 6.45) is 1.27. The molecule has 0 bridgehead atoms. The van der Waals surface area contributed by atoms with Crippen LogP contribution in [0.15, 0.2) is 48.5 Å².